The summed E-state index contributed by atoms with van der Waals surface area (Å²) in [6.45, 7) is 3.15. The van der Waals surface area contributed by atoms with E-state index in [0.29, 0.717) is 24.5 Å². The molecule has 4 atom stereocenters. The fourth-order valence-electron chi connectivity index (χ4n) is 4.64. The monoisotopic (exact) mass is 332 g/mol. The molecule has 1 aliphatic carbocycles. The summed E-state index contributed by atoms with van der Waals surface area (Å²) in [5.74, 6) is 0.676. The van der Waals surface area contributed by atoms with E-state index in [0.717, 1.165) is 38.1 Å². The summed E-state index contributed by atoms with van der Waals surface area (Å²) in [4.78, 5) is 15.0. The first-order valence-electron chi connectivity index (χ1n) is 9.35. The highest BCUT2D eigenvalue weighted by Crippen LogP contribution is 2.42. The molecular weight excluding hydrogens is 304 g/mol. The number of fused-ring (bicyclic) bond motifs is 1. The molecule has 1 aromatic heterocycles. The van der Waals surface area contributed by atoms with Crippen LogP contribution in [-0.4, -0.2) is 58.5 Å². The number of rotatable bonds is 5. The van der Waals surface area contributed by atoms with E-state index in [1.807, 2.05) is 19.4 Å². The minimum Gasteiger partial charge on any atom is -0.376 e. The number of hydrogen-bond donors (Lipinski definition) is 1. The topological polar surface area (TPSA) is 59.4 Å². The van der Waals surface area contributed by atoms with E-state index < -0.39 is 0 Å². The minimum atomic E-state index is 0.163. The van der Waals surface area contributed by atoms with E-state index in [2.05, 4.69) is 15.3 Å². The Labute approximate surface area is 143 Å². The van der Waals surface area contributed by atoms with Gasteiger partial charge in [0, 0.05) is 32.2 Å². The molecule has 1 amide bonds. The van der Waals surface area contributed by atoms with Gasteiger partial charge in [-0.05, 0) is 44.3 Å². The quantitative estimate of drug-likeness (QED) is 0.878. The highest BCUT2D eigenvalue weighted by atomic mass is 16.5. The van der Waals surface area contributed by atoms with Gasteiger partial charge in [-0.3, -0.25) is 14.4 Å². The lowest BCUT2D eigenvalue weighted by atomic mass is 9.70. The fraction of sp³-hybridized carbons (Fsp3) is 0.778. The van der Waals surface area contributed by atoms with Crippen LogP contribution in [0.25, 0.3) is 0 Å². The van der Waals surface area contributed by atoms with Crippen LogP contribution in [-0.2, 0) is 23.0 Å². The summed E-state index contributed by atoms with van der Waals surface area (Å²) in [6, 6.07) is 0.664. The summed E-state index contributed by atoms with van der Waals surface area (Å²) < 4.78 is 7.74. The van der Waals surface area contributed by atoms with Gasteiger partial charge in [0.1, 0.15) is 0 Å². The number of ether oxygens (including phenoxy) is 1. The number of aromatic nitrogens is 2. The lowest BCUT2D eigenvalue weighted by Gasteiger charge is -2.53. The van der Waals surface area contributed by atoms with Gasteiger partial charge in [-0.15, -0.1) is 0 Å². The molecule has 4 rings (SSSR count). The zero-order valence-corrected chi connectivity index (χ0v) is 14.5. The summed E-state index contributed by atoms with van der Waals surface area (Å²) >= 11 is 0. The van der Waals surface area contributed by atoms with Crippen LogP contribution in [0.4, 0.5) is 0 Å². The van der Waals surface area contributed by atoms with E-state index in [-0.39, 0.29) is 11.9 Å². The van der Waals surface area contributed by atoms with Gasteiger partial charge in [0.2, 0.25) is 5.91 Å². The van der Waals surface area contributed by atoms with E-state index in [1.165, 1.54) is 19.3 Å². The molecule has 24 heavy (non-hydrogen) atoms. The number of carbonyl (C=O) groups excluding carboxylic acids is 1. The number of nitrogens with zero attached hydrogens (tertiary/aromatic N) is 3. The maximum Gasteiger partial charge on any atom is 0.220 e. The van der Waals surface area contributed by atoms with E-state index in [4.69, 9.17) is 4.74 Å². The van der Waals surface area contributed by atoms with Crippen LogP contribution in [0.1, 0.15) is 37.7 Å². The lowest BCUT2D eigenvalue weighted by Crippen LogP contribution is -2.71. The molecule has 1 aromatic rings. The van der Waals surface area contributed by atoms with Gasteiger partial charge in [0.25, 0.3) is 0 Å². The Hall–Kier alpha value is -1.40. The van der Waals surface area contributed by atoms with Crippen molar-refractivity contribution in [3.63, 3.8) is 0 Å². The molecule has 2 saturated heterocycles. The predicted octanol–water partition coefficient (Wildman–Crippen LogP) is 1.11. The Morgan fingerprint density at radius 3 is 2.96 bits per heavy atom. The molecule has 1 N–H and O–H groups in total. The van der Waals surface area contributed by atoms with Crippen molar-refractivity contribution in [2.45, 2.75) is 56.7 Å². The van der Waals surface area contributed by atoms with Crippen molar-refractivity contribution in [1.82, 2.24) is 20.0 Å². The van der Waals surface area contributed by atoms with Crippen LogP contribution in [0.3, 0.4) is 0 Å². The molecule has 2 aliphatic heterocycles. The lowest BCUT2D eigenvalue weighted by molar-refractivity contribution is -0.130. The Bertz CT molecular complexity index is 581. The van der Waals surface area contributed by atoms with Crippen LogP contribution >= 0.6 is 0 Å². The van der Waals surface area contributed by atoms with Crippen molar-refractivity contribution >= 4 is 5.91 Å². The van der Waals surface area contributed by atoms with Crippen molar-refractivity contribution in [3.05, 3.63) is 18.0 Å². The van der Waals surface area contributed by atoms with Crippen molar-refractivity contribution in [2.75, 3.05) is 19.7 Å². The van der Waals surface area contributed by atoms with E-state index in [9.17, 15) is 4.79 Å². The second-order valence-corrected chi connectivity index (χ2v) is 7.49. The Morgan fingerprint density at radius 1 is 1.38 bits per heavy atom. The van der Waals surface area contributed by atoms with Gasteiger partial charge in [-0.1, -0.05) is 6.42 Å². The highest BCUT2D eigenvalue weighted by molar-refractivity contribution is 5.76. The number of piperidine rings is 1. The Balaban J connectivity index is 1.34. The SMILES string of the molecule is Cn1cc(CCC(=O)N[C@H]2[C@H]3CCO[C@H]3[C@@H]2N2CCCCC2)cn1. The number of likely N-dealkylation sites (tertiary alicyclic amines) is 1. The van der Waals surface area contributed by atoms with Crippen LogP contribution in [0.15, 0.2) is 12.4 Å². The zero-order chi connectivity index (χ0) is 16.5. The Morgan fingerprint density at radius 2 is 2.21 bits per heavy atom. The van der Waals surface area contributed by atoms with Crippen molar-refractivity contribution in [2.24, 2.45) is 13.0 Å². The van der Waals surface area contributed by atoms with Gasteiger partial charge in [0.05, 0.1) is 24.4 Å². The minimum absolute atomic E-state index is 0.163. The standard InChI is InChI=1S/C18H28N4O2/c1-21-12-13(11-19-21)5-6-15(23)20-16-14-7-10-24-18(14)17(16)22-8-3-2-4-9-22/h11-12,14,16-18H,2-10H2,1H3,(H,20,23)/t14-,16+,17-,18-/m1/s1. The second-order valence-electron chi connectivity index (χ2n) is 7.49. The molecule has 3 aliphatic rings. The molecule has 0 bridgehead atoms. The third kappa shape index (κ3) is 3.09. The molecular formula is C18H28N4O2. The third-order valence-electron chi connectivity index (χ3n) is 5.89. The third-order valence-corrected chi connectivity index (χ3v) is 5.89. The van der Waals surface area contributed by atoms with Crippen molar-refractivity contribution in [3.8, 4) is 0 Å². The number of amides is 1. The molecule has 0 radical (unpaired) electrons. The van der Waals surface area contributed by atoms with Gasteiger partial charge in [0.15, 0.2) is 0 Å². The molecule has 1 saturated carbocycles. The Kier molecular flexibility index (Phi) is 4.59. The number of nitrogens with one attached hydrogen (secondary N) is 1. The summed E-state index contributed by atoms with van der Waals surface area (Å²) in [5, 5.41) is 7.49. The van der Waals surface area contributed by atoms with Gasteiger partial charge in [-0.2, -0.15) is 5.10 Å². The summed E-state index contributed by atoms with van der Waals surface area (Å²) in [7, 11) is 1.90. The van der Waals surface area contributed by atoms with Gasteiger partial charge in [-0.25, -0.2) is 0 Å². The first kappa shape index (κ1) is 16.1. The fourth-order valence-corrected chi connectivity index (χ4v) is 4.64. The molecule has 0 unspecified atom stereocenters. The van der Waals surface area contributed by atoms with Crippen LogP contribution in [0.5, 0.6) is 0 Å². The maximum atomic E-state index is 12.4. The van der Waals surface area contributed by atoms with E-state index >= 15 is 0 Å². The molecule has 6 heteroatoms. The predicted molar refractivity (Wildman–Crippen MR) is 90.5 cm³/mol. The highest BCUT2D eigenvalue weighted by Gasteiger charge is 2.56. The first-order chi connectivity index (χ1) is 11.7. The molecule has 3 fully saturated rings. The van der Waals surface area contributed by atoms with Gasteiger partial charge >= 0.3 is 0 Å². The molecule has 6 nitrogen and oxygen atoms in total. The molecule has 0 aromatic carbocycles. The molecule has 0 spiro atoms. The van der Waals surface area contributed by atoms with Crippen molar-refractivity contribution in [1.29, 1.82) is 0 Å². The number of carbonyl (C=O) groups is 1. The summed E-state index contributed by atoms with van der Waals surface area (Å²) in [5.41, 5.74) is 1.12. The average molecular weight is 332 g/mol. The van der Waals surface area contributed by atoms with Crippen LogP contribution < -0.4 is 5.32 Å². The van der Waals surface area contributed by atoms with E-state index in [1.54, 1.807) is 4.68 Å². The number of aryl methyl sites for hydroxylation is 2. The molecule has 132 valence electrons. The first-order valence-corrected chi connectivity index (χ1v) is 9.35. The van der Waals surface area contributed by atoms with Crippen molar-refractivity contribution < 1.29 is 9.53 Å². The average Bonchev–Trinajstić information content (AvgIpc) is 3.18. The van der Waals surface area contributed by atoms with Crippen LogP contribution in [0.2, 0.25) is 0 Å². The van der Waals surface area contributed by atoms with Crippen LogP contribution in [0, 0.1) is 5.92 Å². The second kappa shape index (κ2) is 6.84. The van der Waals surface area contributed by atoms with Gasteiger partial charge < -0.3 is 10.1 Å². The smallest absolute Gasteiger partial charge is 0.220 e. The zero-order valence-electron chi connectivity index (χ0n) is 14.5. The largest absolute Gasteiger partial charge is 0.376 e. The normalized spacial score (nSPS) is 33.0. The number of hydrogen-bond acceptors (Lipinski definition) is 4. The molecule has 3 heterocycles. The maximum absolute atomic E-state index is 12.4. The summed E-state index contributed by atoms with van der Waals surface area (Å²) in [6.07, 6.45) is 10.4.